The van der Waals surface area contributed by atoms with Gasteiger partial charge in [-0.3, -0.25) is 9.69 Å². The number of alkyl halides is 3. The molecular weight excluding hydrogens is 389 g/mol. The van der Waals surface area contributed by atoms with Crippen molar-refractivity contribution in [2.75, 3.05) is 7.05 Å². The van der Waals surface area contributed by atoms with E-state index in [1.54, 1.807) is 6.92 Å². The highest BCUT2D eigenvalue weighted by atomic mass is 19.4. The summed E-state index contributed by atoms with van der Waals surface area (Å²) in [6.45, 7) is 1.77. The third-order valence-electron chi connectivity index (χ3n) is 6.97. The van der Waals surface area contributed by atoms with Gasteiger partial charge in [0.2, 0.25) is 0 Å². The van der Waals surface area contributed by atoms with Crippen LogP contribution >= 0.6 is 0 Å². The van der Waals surface area contributed by atoms with Crippen molar-refractivity contribution < 1.29 is 18.0 Å². The monoisotopic (exact) mass is 416 g/mol. The molecule has 2 heterocycles. The number of aryl methyl sites for hydroxylation is 1. The molecule has 2 aromatic rings. The Morgan fingerprint density at radius 2 is 1.87 bits per heavy atom. The van der Waals surface area contributed by atoms with E-state index in [1.165, 1.54) is 6.07 Å². The first-order valence-electron chi connectivity index (χ1n) is 10.6. The largest absolute Gasteiger partial charge is 0.416 e. The Morgan fingerprint density at radius 1 is 1.13 bits per heavy atom. The van der Waals surface area contributed by atoms with Crippen LogP contribution in [0.2, 0.25) is 0 Å². The number of carbonyl (C=O) groups excluding carboxylic acids is 1. The van der Waals surface area contributed by atoms with Gasteiger partial charge in [0, 0.05) is 17.6 Å². The van der Waals surface area contributed by atoms with Crippen LogP contribution in [0.1, 0.15) is 59.7 Å². The van der Waals surface area contributed by atoms with Crippen LogP contribution in [0, 0.1) is 0 Å². The molecule has 1 N–H and O–H groups in total. The van der Waals surface area contributed by atoms with Crippen molar-refractivity contribution >= 4 is 5.91 Å². The van der Waals surface area contributed by atoms with Gasteiger partial charge < -0.3 is 5.32 Å². The fraction of sp³-hybridized carbons (Fsp3) is 0.458. The molecule has 0 saturated carbocycles. The van der Waals surface area contributed by atoms with Crippen LogP contribution in [0.3, 0.4) is 0 Å². The Hall–Kier alpha value is -2.34. The summed E-state index contributed by atoms with van der Waals surface area (Å²) < 4.78 is 39.4. The van der Waals surface area contributed by atoms with Crippen LogP contribution in [-0.4, -0.2) is 29.9 Å². The van der Waals surface area contributed by atoms with Gasteiger partial charge in [0.1, 0.15) is 0 Å². The Labute approximate surface area is 175 Å². The molecule has 2 aromatic carbocycles. The van der Waals surface area contributed by atoms with E-state index in [1.807, 2.05) is 30.3 Å². The van der Waals surface area contributed by atoms with E-state index < -0.39 is 17.3 Å². The molecule has 3 atom stereocenters. The number of halogens is 3. The lowest BCUT2D eigenvalue weighted by molar-refractivity contribution is -0.137. The number of benzene rings is 2. The second-order valence-corrected chi connectivity index (χ2v) is 8.47. The first kappa shape index (κ1) is 20.9. The number of hydrogen-bond acceptors (Lipinski definition) is 2. The van der Waals surface area contributed by atoms with Gasteiger partial charge in [-0.25, -0.2) is 0 Å². The first-order chi connectivity index (χ1) is 14.3. The third-order valence-corrected chi connectivity index (χ3v) is 6.97. The van der Waals surface area contributed by atoms with Crippen LogP contribution in [0.25, 0.3) is 0 Å². The predicted octanol–water partition coefficient (Wildman–Crippen LogP) is 5.15. The zero-order valence-corrected chi connectivity index (χ0v) is 17.3. The Morgan fingerprint density at radius 3 is 2.53 bits per heavy atom. The van der Waals surface area contributed by atoms with Gasteiger partial charge in [0.25, 0.3) is 5.91 Å². The summed E-state index contributed by atoms with van der Waals surface area (Å²) in [7, 11) is 2.11. The minimum Gasteiger partial charge on any atom is -0.341 e. The lowest BCUT2D eigenvalue weighted by atomic mass is 9.76. The van der Waals surface area contributed by atoms with E-state index >= 15 is 0 Å². The van der Waals surface area contributed by atoms with E-state index in [0.29, 0.717) is 23.6 Å². The lowest BCUT2D eigenvalue weighted by Gasteiger charge is -2.48. The molecule has 6 heteroatoms. The molecule has 2 fully saturated rings. The quantitative estimate of drug-likeness (QED) is 0.748. The van der Waals surface area contributed by atoms with E-state index in [9.17, 15) is 18.0 Å². The highest BCUT2D eigenvalue weighted by molar-refractivity contribution is 5.96. The van der Waals surface area contributed by atoms with Crippen molar-refractivity contribution in [3.05, 3.63) is 70.8 Å². The van der Waals surface area contributed by atoms with Gasteiger partial charge in [0.05, 0.1) is 11.1 Å². The lowest BCUT2D eigenvalue weighted by Crippen LogP contribution is -2.61. The predicted molar refractivity (Wildman–Crippen MR) is 110 cm³/mol. The zero-order valence-electron chi connectivity index (χ0n) is 17.3. The van der Waals surface area contributed by atoms with E-state index in [4.69, 9.17) is 0 Å². The van der Waals surface area contributed by atoms with Gasteiger partial charge in [-0.1, -0.05) is 37.3 Å². The molecule has 2 bridgehead atoms. The minimum atomic E-state index is -4.42. The summed E-state index contributed by atoms with van der Waals surface area (Å²) >= 11 is 0. The van der Waals surface area contributed by atoms with Gasteiger partial charge in [-0.2, -0.15) is 13.2 Å². The van der Waals surface area contributed by atoms with E-state index in [-0.39, 0.29) is 11.9 Å². The molecular formula is C24H27F3N2O. The van der Waals surface area contributed by atoms with Crippen molar-refractivity contribution in [2.24, 2.45) is 0 Å². The molecule has 0 aromatic heterocycles. The van der Waals surface area contributed by atoms with E-state index in [2.05, 4.69) is 17.3 Å². The smallest absolute Gasteiger partial charge is 0.341 e. The SMILES string of the molecule is CCc1cc(C(F)(F)F)ccc1C(=O)N[C@@]1(c2ccccc2)CC[C@@H]2CC[C@H]1N2C. The van der Waals surface area contributed by atoms with Crippen molar-refractivity contribution in [1.82, 2.24) is 10.2 Å². The van der Waals surface area contributed by atoms with Crippen LogP contribution in [0.5, 0.6) is 0 Å². The van der Waals surface area contributed by atoms with Crippen LogP contribution in [-0.2, 0) is 18.1 Å². The molecule has 0 spiro atoms. The number of amides is 1. The molecule has 2 aliphatic rings. The molecule has 1 amide bonds. The molecule has 2 saturated heterocycles. The Bertz CT molecular complexity index is 928. The molecule has 2 aliphatic heterocycles. The maximum Gasteiger partial charge on any atom is 0.416 e. The van der Waals surface area contributed by atoms with E-state index in [0.717, 1.165) is 43.4 Å². The number of hydrogen-bond donors (Lipinski definition) is 1. The molecule has 0 radical (unpaired) electrons. The molecule has 4 rings (SSSR count). The maximum absolute atomic E-state index is 13.4. The number of fused-ring (bicyclic) bond motifs is 2. The topological polar surface area (TPSA) is 32.3 Å². The molecule has 30 heavy (non-hydrogen) atoms. The second-order valence-electron chi connectivity index (χ2n) is 8.47. The normalized spacial score (nSPS) is 26.6. The average Bonchev–Trinajstić information content (AvgIpc) is 2.99. The second kappa shape index (κ2) is 7.73. The van der Waals surface area contributed by atoms with Crippen molar-refractivity contribution in [3.8, 4) is 0 Å². The van der Waals surface area contributed by atoms with Crippen molar-refractivity contribution in [2.45, 2.75) is 62.8 Å². The minimum absolute atomic E-state index is 0.169. The molecule has 160 valence electrons. The standard InChI is InChI=1S/C24H27F3N2O/c1-3-16-15-18(24(25,26)27)9-11-20(16)22(30)28-23(17-7-5-4-6-8-17)14-13-19-10-12-21(23)29(19)2/h4-9,11,15,19,21H,3,10,12-14H2,1-2H3,(H,28,30)/t19-,21+,23+/m0/s1. The van der Waals surface area contributed by atoms with Crippen LogP contribution in [0.4, 0.5) is 13.2 Å². The Balaban J connectivity index is 1.72. The summed E-state index contributed by atoms with van der Waals surface area (Å²) in [6.07, 6.45) is -0.165. The summed E-state index contributed by atoms with van der Waals surface area (Å²) in [5.41, 5.74) is 0.529. The summed E-state index contributed by atoms with van der Waals surface area (Å²) in [5, 5.41) is 3.29. The highest BCUT2D eigenvalue weighted by Gasteiger charge is 2.52. The van der Waals surface area contributed by atoms with Gasteiger partial charge in [0.15, 0.2) is 0 Å². The van der Waals surface area contributed by atoms with Crippen molar-refractivity contribution in [1.29, 1.82) is 0 Å². The van der Waals surface area contributed by atoms with Gasteiger partial charge >= 0.3 is 6.18 Å². The van der Waals surface area contributed by atoms with Crippen LogP contribution < -0.4 is 5.32 Å². The number of rotatable bonds is 4. The fourth-order valence-electron chi connectivity index (χ4n) is 5.36. The maximum atomic E-state index is 13.4. The summed E-state index contributed by atoms with van der Waals surface area (Å²) in [6, 6.07) is 14.1. The number of likely N-dealkylation sites (N-methyl/N-ethyl adjacent to an activating group) is 1. The molecule has 3 nitrogen and oxygen atoms in total. The highest BCUT2D eigenvalue weighted by Crippen LogP contribution is 2.46. The first-order valence-corrected chi connectivity index (χ1v) is 10.6. The average molecular weight is 416 g/mol. The van der Waals surface area contributed by atoms with Gasteiger partial charge in [-0.05, 0) is 68.5 Å². The summed E-state index contributed by atoms with van der Waals surface area (Å²) in [4.78, 5) is 15.8. The summed E-state index contributed by atoms with van der Waals surface area (Å²) in [5.74, 6) is -0.303. The Kier molecular flexibility index (Phi) is 5.39. The number of carbonyl (C=O) groups is 1. The fourth-order valence-corrected chi connectivity index (χ4v) is 5.36. The third kappa shape index (κ3) is 3.51. The van der Waals surface area contributed by atoms with Gasteiger partial charge in [-0.15, -0.1) is 0 Å². The number of piperidine rings is 1. The van der Waals surface area contributed by atoms with Crippen molar-refractivity contribution in [3.63, 3.8) is 0 Å². The molecule has 0 unspecified atom stereocenters. The number of nitrogens with one attached hydrogen (secondary N) is 1. The molecule has 0 aliphatic carbocycles. The zero-order chi connectivity index (χ0) is 21.5. The number of nitrogens with zero attached hydrogens (tertiary/aromatic N) is 1. The van der Waals surface area contributed by atoms with Crippen LogP contribution in [0.15, 0.2) is 48.5 Å².